The van der Waals surface area contributed by atoms with E-state index in [9.17, 15) is 9.59 Å². The first-order valence-corrected chi connectivity index (χ1v) is 12.6. The lowest BCUT2D eigenvalue weighted by Crippen LogP contribution is -2.60. The summed E-state index contributed by atoms with van der Waals surface area (Å²) in [5.74, 6) is 1.21. The fourth-order valence-electron chi connectivity index (χ4n) is 5.91. The summed E-state index contributed by atoms with van der Waals surface area (Å²) >= 11 is 6.52. The number of aryl methyl sites for hydroxylation is 1. The van der Waals surface area contributed by atoms with Crippen molar-refractivity contribution in [1.82, 2.24) is 4.98 Å². The molecule has 2 aliphatic rings. The number of carbonyl (C=O) groups is 2. The average molecular weight is 507 g/mol. The number of ether oxygens (including phenoxy) is 1. The number of hydrogen-bond acceptors (Lipinski definition) is 5. The first kappa shape index (κ1) is 24.3. The molecule has 2 aromatic carbocycles. The molecule has 5 rings (SSSR count). The number of carboxylic acid groups (broad SMARTS) is 1. The Balaban J connectivity index is 1.52. The van der Waals surface area contributed by atoms with Crippen LogP contribution in [-0.4, -0.2) is 52.8 Å². The number of amides is 1. The highest BCUT2D eigenvalue weighted by atomic mass is 35.5. The molecule has 0 saturated carbocycles. The van der Waals surface area contributed by atoms with Crippen LogP contribution in [0, 0.1) is 0 Å². The van der Waals surface area contributed by atoms with Crippen LogP contribution in [0.5, 0.6) is 5.75 Å². The number of pyridine rings is 1. The summed E-state index contributed by atoms with van der Waals surface area (Å²) in [7, 11) is 2.03. The topological polar surface area (TPSA) is 79.7 Å². The molecule has 1 unspecified atom stereocenters. The molecule has 1 aliphatic heterocycles. The maximum absolute atomic E-state index is 14.3. The standard InChI is InChI=1S/C28H28ClN3O4/c1-32(27(33)22-6-2-3-7-24(22)29,20-13-16-31(17-14-20)26-8-4-5-15-30-26)25-12-10-19-9-11-21(18-23(19)25)36-28(34)35/h2-9,11,15,18,20,25H,10,12-14,16-17H2,1H3/p+1/t25-,32?/m1/s1. The van der Waals surface area contributed by atoms with Crippen LogP contribution in [0.25, 0.3) is 0 Å². The summed E-state index contributed by atoms with van der Waals surface area (Å²) in [5, 5.41) is 9.57. The number of fused-ring (bicyclic) bond motifs is 1. The number of piperidine rings is 1. The maximum Gasteiger partial charge on any atom is 0.511 e. The summed E-state index contributed by atoms with van der Waals surface area (Å²) < 4.78 is 5.15. The van der Waals surface area contributed by atoms with Crippen molar-refractivity contribution in [2.75, 3.05) is 25.0 Å². The van der Waals surface area contributed by atoms with Gasteiger partial charge in [-0.2, -0.15) is 0 Å². The second kappa shape index (κ2) is 9.91. The van der Waals surface area contributed by atoms with Gasteiger partial charge in [-0.25, -0.2) is 19.1 Å². The Labute approximate surface area is 215 Å². The SMILES string of the molecule is C[N+](C(=O)c1ccccc1Cl)(C1CCN(c2ccccn2)CC1)[C@@H]1CCc2ccc(OC(=O)O)cc21. The molecule has 1 aromatic heterocycles. The van der Waals surface area contributed by atoms with Gasteiger partial charge in [0.25, 0.3) is 0 Å². The Morgan fingerprint density at radius 2 is 1.81 bits per heavy atom. The van der Waals surface area contributed by atoms with Gasteiger partial charge in [-0.1, -0.05) is 35.9 Å². The molecule has 1 amide bonds. The van der Waals surface area contributed by atoms with E-state index in [2.05, 4.69) is 9.88 Å². The monoisotopic (exact) mass is 506 g/mol. The molecule has 0 spiro atoms. The van der Waals surface area contributed by atoms with Crippen molar-refractivity contribution in [3.05, 3.63) is 88.6 Å². The zero-order chi connectivity index (χ0) is 25.3. The smallest absolute Gasteiger partial charge is 0.449 e. The summed E-state index contributed by atoms with van der Waals surface area (Å²) in [5.41, 5.74) is 2.61. The molecular formula is C28H29ClN3O4+. The van der Waals surface area contributed by atoms with Crippen molar-refractivity contribution in [1.29, 1.82) is 0 Å². The van der Waals surface area contributed by atoms with E-state index in [1.807, 2.05) is 43.4 Å². The minimum atomic E-state index is -1.35. The number of nitrogens with zero attached hydrogens (tertiary/aromatic N) is 3. The Kier molecular flexibility index (Phi) is 6.69. The van der Waals surface area contributed by atoms with Gasteiger partial charge < -0.3 is 14.7 Å². The fraction of sp³-hybridized carbons (Fsp3) is 0.321. The first-order valence-electron chi connectivity index (χ1n) is 12.2. The Hall–Kier alpha value is -3.42. The molecule has 1 saturated heterocycles. The molecule has 1 aliphatic carbocycles. The zero-order valence-electron chi connectivity index (χ0n) is 20.1. The number of hydrogen-bond donors (Lipinski definition) is 1. The normalized spacial score (nSPS) is 19.4. The highest BCUT2D eigenvalue weighted by Crippen LogP contribution is 2.46. The molecule has 8 heteroatoms. The van der Waals surface area contributed by atoms with Gasteiger partial charge >= 0.3 is 12.1 Å². The van der Waals surface area contributed by atoms with Crippen LogP contribution in [0.2, 0.25) is 5.02 Å². The summed E-state index contributed by atoms with van der Waals surface area (Å²) in [6.45, 7) is 1.60. The van der Waals surface area contributed by atoms with Crippen LogP contribution in [0.3, 0.4) is 0 Å². The lowest BCUT2D eigenvalue weighted by atomic mass is 9.93. The van der Waals surface area contributed by atoms with Gasteiger partial charge in [-0.05, 0) is 48.4 Å². The average Bonchev–Trinajstić information content (AvgIpc) is 3.32. The summed E-state index contributed by atoms with van der Waals surface area (Å²) in [4.78, 5) is 32.3. The molecule has 3 aromatic rings. The van der Waals surface area contributed by atoms with Crippen molar-refractivity contribution in [2.24, 2.45) is 0 Å². The molecular weight excluding hydrogens is 478 g/mol. The third-order valence-electron chi connectivity index (χ3n) is 7.75. The highest BCUT2D eigenvalue weighted by molar-refractivity contribution is 6.33. The Morgan fingerprint density at radius 3 is 2.50 bits per heavy atom. The van der Waals surface area contributed by atoms with Gasteiger partial charge in [0.1, 0.15) is 17.6 Å². The minimum absolute atomic E-state index is 0.0145. The second-order valence-electron chi connectivity index (χ2n) is 9.62. The van der Waals surface area contributed by atoms with Gasteiger partial charge in [-0.3, -0.25) is 0 Å². The Morgan fingerprint density at radius 1 is 1.06 bits per heavy atom. The van der Waals surface area contributed by atoms with E-state index in [1.54, 1.807) is 30.5 Å². The van der Waals surface area contributed by atoms with E-state index in [4.69, 9.17) is 21.4 Å². The third-order valence-corrected chi connectivity index (χ3v) is 8.08. The predicted octanol–water partition coefficient (Wildman–Crippen LogP) is 5.74. The predicted molar refractivity (Wildman–Crippen MR) is 138 cm³/mol. The first-order chi connectivity index (χ1) is 17.4. The molecule has 0 bridgehead atoms. The van der Waals surface area contributed by atoms with Gasteiger partial charge in [0.05, 0.1) is 23.7 Å². The number of benzene rings is 2. The lowest BCUT2D eigenvalue weighted by molar-refractivity contribution is -0.887. The second-order valence-corrected chi connectivity index (χ2v) is 10.0. The maximum atomic E-state index is 14.3. The van der Waals surface area contributed by atoms with Crippen molar-refractivity contribution >= 4 is 29.5 Å². The van der Waals surface area contributed by atoms with Crippen LogP contribution in [0.1, 0.15) is 46.8 Å². The number of aromatic nitrogens is 1. The van der Waals surface area contributed by atoms with Crippen molar-refractivity contribution < 1.29 is 23.9 Å². The molecule has 2 heterocycles. The summed E-state index contributed by atoms with van der Waals surface area (Å²) in [6, 6.07) is 18.5. The van der Waals surface area contributed by atoms with Crippen LogP contribution >= 0.6 is 11.6 Å². The van der Waals surface area contributed by atoms with Gasteiger partial charge in [-0.15, -0.1) is 0 Å². The molecule has 0 radical (unpaired) electrons. The molecule has 1 fully saturated rings. The van der Waals surface area contributed by atoms with Gasteiger partial charge in [0, 0.05) is 44.1 Å². The molecule has 36 heavy (non-hydrogen) atoms. The number of carbonyl (C=O) groups excluding carboxylic acids is 1. The molecule has 2 atom stereocenters. The fourth-order valence-corrected chi connectivity index (χ4v) is 6.12. The van der Waals surface area contributed by atoms with E-state index < -0.39 is 6.16 Å². The number of rotatable bonds is 5. The highest BCUT2D eigenvalue weighted by Gasteiger charge is 2.51. The van der Waals surface area contributed by atoms with Gasteiger partial charge in [0.15, 0.2) is 0 Å². The van der Waals surface area contributed by atoms with E-state index in [-0.39, 0.29) is 28.2 Å². The van der Waals surface area contributed by atoms with Crippen LogP contribution in [0.4, 0.5) is 10.6 Å². The lowest BCUT2D eigenvalue weighted by Gasteiger charge is -2.47. The molecule has 7 nitrogen and oxygen atoms in total. The van der Waals surface area contributed by atoms with Crippen molar-refractivity contribution in [2.45, 2.75) is 37.8 Å². The van der Waals surface area contributed by atoms with E-state index in [1.165, 1.54) is 0 Å². The van der Waals surface area contributed by atoms with E-state index in [0.717, 1.165) is 55.7 Å². The van der Waals surface area contributed by atoms with Crippen LogP contribution in [-0.2, 0) is 6.42 Å². The minimum Gasteiger partial charge on any atom is -0.449 e. The number of quaternary nitrogens is 1. The largest absolute Gasteiger partial charge is 0.511 e. The third kappa shape index (κ3) is 4.45. The van der Waals surface area contributed by atoms with E-state index >= 15 is 0 Å². The van der Waals surface area contributed by atoms with Crippen molar-refractivity contribution in [3.8, 4) is 5.75 Å². The van der Waals surface area contributed by atoms with Gasteiger partial charge in [0.2, 0.25) is 0 Å². The Bertz CT molecular complexity index is 1280. The van der Waals surface area contributed by atoms with Crippen LogP contribution in [0.15, 0.2) is 66.9 Å². The molecule has 186 valence electrons. The molecule has 1 N–H and O–H groups in total. The summed E-state index contributed by atoms with van der Waals surface area (Å²) in [6.07, 6.45) is 3.70. The van der Waals surface area contributed by atoms with Crippen molar-refractivity contribution in [3.63, 3.8) is 0 Å². The van der Waals surface area contributed by atoms with E-state index in [0.29, 0.717) is 10.6 Å². The van der Waals surface area contributed by atoms with Crippen LogP contribution < -0.4 is 9.64 Å². The quantitative estimate of drug-likeness (QED) is 0.270. The number of halogens is 1. The zero-order valence-corrected chi connectivity index (χ0v) is 20.9. The number of anilines is 1.